The third kappa shape index (κ3) is 5.93. The number of carboxylic acid groups (broad SMARTS) is 1. The van der Waals surface area contributed by atoms with Gasteiger partial charge in [-0.2, -0.15) is 0 Å². The van der Waals surface area contributed by atoms with Crippen molar-refractivity contribution in [1.82, 2.24) is 5.32 Å². The molecule has 3 aromatic carbocycles. The number of hydrogen-bond acceptors (Lipinski definition) is 6. The molecule has 8 nitrogen and oxygen atoms in total. The Morgan fingerprint density at radius 3 is 2.12 bits per heavy atom. The molecule has 0 saturated heterocycles. The highest BCUT2D eigenvalue weighted by Crippen LogP contribution is 2.44. The van der Waals surface area contributed by atoms with Crippen LogP contribution in [0, 0.1) is 13.8 Å². The van der Waals surface area contributed by atoms with Gasteiger partial charge in [-0.1, -0.05) is 60.1 Å². The second-order valence-electron chi connectivity index (χ2n) is 9.93. The number of fused-ring (bicyclic) bond motifs is 3. The Morgan fingerprint density at radius 2 is 1.52 bits per heavy atom. The summed E-state index contributed by atoms with van der Waals surface area (Å²) in [7, 11) is 0. The van der Waals surface area contributed by atoms with Crippen LogP contribution in [0.15, 0.2) is 72.8 Å². The molecular weight excluding hydrogens is 576 g/mol. The number of aryl methyl sites for hydroxylation is 1. The first-order valence-corrected chi connectivity index (χ1v) is 14.4. The number of rotatable bonds is 9. The first kappa shape index (κ1) is 29.0. The minimum absolute atomic E-state index is 0.00429. The molecule has 5 rings (SSSR count). The van der Waals surface area contributed by atoms with Crippen LogP contribution < -0.4 is 10.6 Å². The van der Waals surface area contributed by atoms with Crippen molar-refractivity contribution < 1.29 is 29.0 Å². The first-order chi connectivity index (χ1) is 20.1. The fourth-order valence-corrected chi connectivity index (χ4v) is 6.29. The lowest BCUT2D eigenvalue weighted by Crippen LogP contribution is -2.45. The summed E-state index contributed by atoms with van der Waals surface area (Å²) in [5, 5.41) is 15.3. The zero-order valence-corrected chi connectivity index (χ0v) is 24.3. The van der Waals surface area contributed by atoms with Crippen LogP contribution in [0.3, 0.4) is 0 Å². The van der Waals surface area contributed by atoms with Crippen LogP contribution in [0.4, 0.5) is 9.80 Å². The molecule has 0 radical (unpaired) electrons. The Bertz CT molecular complexity index is 1650. The molecule has 214 valence electrons. The van der Waals surface area contributed by atoms with Crippen molar-refractivity contribution in [3.05, 3.63) is 111 Å². The number of carbonyl (C=O) groups is 4. The topological polar surface area (TPSA) is 122 Å². The van der Waals surface area contributed by atoms with Gasteiger partial charge < -0.3 is 20.5 Å². The molecule has 1 aromatic heterocycles. The summed E-state index contributed by atoms with van der Waals surface area (Å²) in [6, 6.07) is 20.7. The minimum Gasteiger partial charge on any atom is -0.481 e. The van der Waals surface area contributed by atoms with Crippen LogP contribution in [0.25, 0.3) is 11.1 Å². The summed E-state index contributed by atoms with van der Waals surface area (Å²) >= 11 is 7.16. The van der Waals surface area contributed by atoms with E-state index < -0.39 is 30.4 Å². The van der Waals surface area contributed by atoms with Gasteiger partial charge in [0.2, 0.25) is 5.91 Å². The van der Waals surface area contributed by atoms with Gasteiger partial charge in [0.05, 0.1) is 12.0 Å². The molecule has 0 bridgehead atoms. The Hall–Kier alpha value is -4.47. The molecule has 0 spiro atoms. The first-order valence-electron chi connectivity index (χ1n) is 13.2. The average Bonchev–Trinajstić information content (AvgIpc) is 3.44. The molecular formula is C32H27ClN2O6S. The molecule has 1 unspecified atom stereocenters. The maximum atomic E-state index is 13.3. The van der Waals surface area contributed by atoms with E-state index in [0.29, 0.717) is 21.7 Å². The summed E-state index contributed by atoms with van der Waals surface area (Å²) in [5.74, 6) is -2.58. The second-order valence-corrected chi connectivity index (χ2v) is 11.6. The molecule has 42 heavy (non-hydrogen) atoms. The molecule has 0 saturated carbocycles. The van der Waals surface area contributed by atoms with Crippen LogP contribution in [-0.2, 0) is 14.3 Å². The molecule has 1 aliphatic carbocycles. The number of aliphatic carboxylic acids is 1. The number of benzene rings is 3. The van der Waals surface area contributed by atoms with Crippen LogP contribution in [-0.4, -0.2) is 41.5 Å². The number of ketones is 1. The zero-order chi connectivity index (χ0) is 30.0. The largest absolute Gasteiger partial charge is 0.481 e. The predicted octanol–water partition coefficient (Wildman–Crippen LogP) is 6.57. The summed E-state index contributed by atoms with van der Waals surface area (Å²) in [4.78, 5) is 51.9. The molecule has 4 aromatic rings. The minimum atomic E-state index is -1.45. The van der Waals surface area contributed by atoms with Crippen LogP contribution >= 0.6 is 22.9 Å². The van der Waals surface area contributed by atoms with Crippen LogP contribution in [0.1, 0.15) is 49.8 Å². The molecule has 1 heterocycles. The van der Waals surface area contributed by atoms with Crippen molar-refractivity contribution in [1.29, 1.82) is 0 Å². The highest BCUT2D eigenvalue weighted by molar-refractivity contribution is 7.16. The van der Waals surface area contributed by atoms with Crippen molar-refractivity contribution in [3.8, 4) is 11.1 Å². The van der Waals surface area contributed by atoms with E-state index in [1.165, 1.54) is 11.3 Å². The van der Waals surface area contributed by atoms with E-state index in [0.717, 1.165) is 27.1 Å². The van der Waals surface area contributed by atoms with Gasteiger partial charge in [-0.25, -0.2) is 4.79 Å². The number of carbonyl (C=O) groups excluding carboxylic acids is 3. The number of anilines is 1. The second kappa shape index (κ2) is 12.2. The smallest absolute Gasteiger partial charge is 0.407 e. The van der Waals surface area contributed by atoms with E-state index in [1.54, 1.807) is 31.2 Å². The van der Waals surface area contributed by atoms with E-state index in [-0.39, 0.29) is 23.3 Å². The SMILES string of the molecule is Cc1sc(NC(=O)C(CC(=O)O)NC(=O)OCC2c3ccccc3-c3ccccc32)c(C(=O)c2ccc(Cl)cc2)c1C. The van der Waals surface area contributed by atoms with Gasteiger partial charge in [-0.05, 0) is 65.9 Å². The monoisotopic (exact) mass is 602 g/mol. The molecule has 1 aliphatic rings. The van der Waals surface area contributed by atoms with Gasteiger partial charge in [-0.3, -0.25) is 14.4 Å². The number of amides is 2. The standard InChI is InChI=1S/C32H27ClN2O6S/c1-17-18(2)42-31(28(17)29(38)19-11-13-20(33)14-12-19)35-30(39)26(15-27(36)37)34-32(40)41-16-25-23-9-5-3-7-21(23)22-8-4-6-10-24(22)25/h3-14,25-26H,15-16H2,1-2H3,(H,34,40)(H,35,39)(H,36,37). The Morgan fingerprint density at radius 1 is 0.929 bits per heavy atom. The highest BCUT2D eigenvalue weighted by atomic mass is 35.5. The molecule has 0 fully saturated rings. The van der Waals surface area contributed by atoms with Crippen LogP contribution in [0.2, 0.25) is 5.02 Å². The number of ether oxygens (including phenoxy) is 1. The summed E-state index contributed by atoms with van der Waals surface area (Å²) in [6.45, 7) is 3.59. The van der Waals surface area contributed by atoms with E-state index in [2.05, 4.69) is 10.6 Å². The lowest BCUT2D eigenvalue weighted by atomic mass is 9.98. The molecule has 2 amide bonds. The lowest BCUT2D eigenvalue weighted by molar-refractivity contribution is -0.139. The highest BCUT2D eigenvalue weighted by Gasteiger charge is 2.31. The summed E-state index contributed by atoms with van der Waals surface area (Å²) in [5.41, 5.74) is 5.54. The van der Waals surface area contributed by atoms with Crippen LogP contribution in [0.5, 0.6) is 0 Å². The average molecular weight is 603 g/mol. The van der Waals surface area contributed by atoms with Gasteiger partial charge >= 0.3 is 12.1 Å². The van der Waals surface area contributed by atoms with Gasteiger partial charge in [0.25, 0.3) is 0 Å². The molecule has 10 heteroatoms. The third-order valence-electron chi connectivity index (χ3n) is 7.29. The fraction of sp³-hybridized carbons (Fsp3) is 0.188. The van der Waals surface area contributed by atoms with Gasteiger partial charge in [0.1, 0.15) is 17.6 Å². The van der Waals surface area contributed by atoms with Crippen molar-refractivity contribution >= 4 is 51.7 Å². The number of halogens is 1. The van der Waals surface area contributed by atoms with E-state index >= 15 is 0 Å². The molecule has 0 aliphatic heterocycles. The van der Waals surface area contributed by atoms with Gasteiger partial charge in [0.15, 0.2) is 5.78 Å². The van der Waals surface area contributed by atoms with Crippen molar-refractivity contribution in [2.45, 2.75) is 32.2 Å². The van der Waals surface area contributed by atoms with Gasteiger partial charge in [-0.15, -0.1) is 11.3 Å². The number of nitrogens with one attached hydrogen (secondary N) is 2. The lowest BCUT2D eigenvalue weighted by Gasteiger charge is -2.19. The predicted molar refractivity (Wildman–Crippen MR) is 162 cm³/mol. The molecule has 1 atom stereocenters. The zero-order valence-electron chi connectivity index (χ0n) is 22.8. The molecule has 3 N–H and O–H groups in total. The third-order valence-corrected chi connectivity index (χ3v) is 8.66. The Kier molecular flexibility index (Phi) is 8.42. The maximum absolute atomic E-state index is 13.3. The van der Waals surface area contributed by atoms with Gasteiger partial charge in [0, 0.05) is 21.4 Å². The number of thiophene rings is 1. The van der Waals surface area contributed by atoms with Crippen molar-refractivity contribution in [2.24, 2.45) is 0 Å². The maximum Gasteiger partial charge on any atom is 0.407 e. The van der Waals surface area contributed by atoms with E-state index in [4.69, 9.17) is 16.3 Å². The normalized spacial score (nSPS) is 12.6. The van der Waals surface area contributed by atoms with Crippen molar-refractivity contribution in [3.63, 3.8) is 0 Å². The van der Waals surface area contributed by atoms with Crippen molar-refractivity contribution in [2.75, 3.05) is 11.9 Å². The summed E-state index contributed by atoms with van der Waals surface area (Å²) in [6.07, 6.45) is -1.60. The number of alkyl carbamates (subject to hydrolysis) is 1. The Balaban J connectivity index is 1.30. The Labute approximate surface area is 251 Å². The summed E-state index contributed by atoms with van der Waals surface area (Å²) < 4.78 is 5.52. The fourth-order valence-electron chi connectivity index (χ4n) is 5.10. The van der Waals surface area contributed by atoms with E-state index in [9.17, 15) is 24.3 Å². The number of hydrogen-bond donors (Lipinski definition) is 3. The quantitative estimate of drug-likeness (QED) is 0.186. The number of carboxylic acids is 1. The van der Waals surface area contributed by atoms with E-state index in [1.807, 2.05) is 55.5 Å².